The van der Waals surface area contributed by atoms with E-state index >= 15 is 0 Å². The number of nitrogens with zero attached hydrogens (tertiary/aromatic N) is 2. The van der Waals surface area contributed by atoms with Gasteiger partial charge in [-0.15, -0.1) is 0 Å². The van der Waals surface area contributed by atoms with Gasteiger partial charge in [0.25, 0.3) is 5.91 Å². The molecule has 0 aliphatic rings. The molecule has 0 bridgehead atoms. The number of aromatic nitrogens is 1. The van der Waals surface area contributed by atoms with Gasteiger partial charge >= 0.3 is 0 Å². The topological polar surface area (TPSA) is 43.7 Å². The third-order valence-electron chi connectivity index (χ3n) is 5.48. The molecule has 0 atom stereocenters. The predicted molar refractivity (Wildman–Crippen MR) is 130 cm³/mol. The van der Waals surface area contributed by atoms with E-state index in [1.165, 1.54) is 6.07 Å². The molecule has 1 amide bonds. The highest BCUT2D eigenvalue weighted by Gasteiger charge is 2.22. The smallest absolute Gasteiger partial charge is 0.256 e. The Morgan fingerprint density at radius 1 is 0.912 bits per heavy atom. The van der Waals surface area contributed by atoms with Gasteiger partial charge in [0.15, 0.2) is 0 Å². The van der Waals surface area contributed by atoms with Gasteiger partial charge in [0, 0.05) is 37.1 Å². The van der Waals surface area contributed by atoms with Crippen LogP contribution >= 0.6 is 11.6 Å². The molecular formula is C27H24ClFN2O3. The van der Waals surface area contributed by atoms with Crippen LogP contribution in [0.3, 0.4) is 0 Å². The zero-order valence-corrected chi connectivity index (χ0v) is 19.6. The summed E-state index contributed by atoms with van der Waals surface area (Å²) in [6, 6.07) is 21.3. The van der Waals surface area contributed by atoms with Gasteiger partial charge < -0.3 is 18.9 Å². The number of amides is 1. The highest BCUT2D eigenvalue weighted by atomic mass is 35.5. The summed E-state index contributed by atoms with van der Waals surface area (Å²) in [6.45, 7) is 0.239. The quantitative estimate of drug-likeness (QED) is 0.306. The summed E-state index contributed by atoms with van der Waals surface area (Å²) in [6.07, 6.45) is 3.75. The van der Waals surface area contributed by atoms with Crippen LogP contribution in [0.1, 0.15) is 21.5 Å². The van der Waals surface area contributed by atoms with E-state index in [2.05, 4.69) is 0 Å². The van der Waals surface area contributed by atoms with Crippen molar-refractivity contribution in [3.8, 4) is 17.2 Å². The molecule has 3 aromatic carbocycles. The van der Waals surface area contributed by atoms with Crippen LogP contribution in [-0.2, 0) is 13.1 Å². The number of methoxy groups -OCH3 is 2. The second-order valence-corrected chi connectivity index (χ2v) is 8.11. The molecule has 5 nitrogen and oxygen atoms in total. The van der Waals surface area contributed by atoms with Crippen LogP contribution in [0, 0.1) is 5.82 Å². The van der Waals surface area contributed by atoms with Crippen molar-refractivity contribution in [2.75, 3.05) is 14.2 Å². The molecule has 4 rings (SSSR count). The Morgan fingerprint density at radius 2 is 1.59 bits per heavy atom. The van der Waals surface area contributed by atoms with E-state index < -0.39 is 5.82 Å². The molecule has 34 heavy (non-hydrogen) atoms. The van der Waals surface area contributed by atoms with E-state index in [0.29, 0.717) is 22.6 Å². The van der Waals surface area contributed by atoms with Crippen LogP contribution in [0.4, 0.5) is 4.39 Å². The van der Waals surface area contributed by atoms with Crippen LogP contribution < -0.4 is 9.47 Å². The minimum absolute atomic E-state index is 0.0145. The number of carbonyl (C=O) groups excluding carboxylic acids is 1. The van der Waals surface area contributed by atoms with Crippen LogP contribution in [0.15, 0.2) is 85.2 Å². The van der Waals surface area contributed by atoms with E-state index in [0.717, 1.165) is 11.3 Å². The molecule has 174 valence electrons. The Labute approximate surface area is 202 Å². The maximum Gasteiger partial charge on any atom is 0.256 e. The Kier molecular flexibility index (Phi) is 7.18. The van der Waals surface area contributed by atoms with Crippen molar-refractivity contribution in [1.29, 1.82) is 0 Å². The van der Waals surface area contributed by atoms with E-state index in [-0.39, 0.29) is 24.0 Å². The molecule has 0 radical (unpaired) electrons. The van der Waals surface area contributed by atoms with Crippen molar-refractivity contribution in [1.82, 2.24) is 9.47 Å². The Balaban J connectivity index is 1.76. The summed E-state index contributed by atoms with van der Waals surface area (Å²) < 4.78 is 27.4. The van der Waals surface area contributed by atoms with Gasteiger partial charge in [-0.1, -0.05) is 35.9 Å². The molecule has 0 saturated heterocycles. The molecule has 0 aliphatic heterocycles. The fraction of sp³-hybridized carbons (Fsp3) is 0.148. The van der Waals surface area contributed by atoms with Gasteiger partial charge in [-0.05, 0) is 48.0 Å². The second-order valence-electron chi connectivity index (χ2n) is 7.70. The molecule has 4 aromatic rings. The minimum Gasteiger partial charge on any atom is -0.497 e. The van der Waals surface area contributed by atoms with E-state index in [1.807, 2.05) is 59.4 Å². The van der Waals surface area contributed by atoms with Gasteiger partial charge in [0.1, 0.15) is 17.3 Å². The number of carbonyl (C=O) groups is 1. The van der Waals surface area contributed by atoms with E-state index in [1.54, 1.807) is 43.4 Å². The standard InChI is InChI=1S/C27H24ClFN2O3/c1-33-21-14-19(15-22(16-21)34-2)17-31(18-20-8-7-10-24(28)26(20)29)27(32)23-9-3-4-11-25(23)30-12-5-6-13-30/h3-16H,17-18H2,1-2H3. The number of halogens is 2. The third-order valence-corrected chi connectivity index (χ3v) is 5.77. The lowest BCUT2D eigenvalue weighted by molar-refractivity contribution is 0.0728. The average Bonchev–Trinajstić information content (AvgIpc) is 3.40. The van der Waals surface area contributed by atoms with Gasteiger partial charge in [0.2, 0.25) is 0 Å². The molecule has 0 unspecified atom stereocenters. The largest absolute Gasteiger partial charge is 0.497 e. The highest BCUT2D eigenvalue weighted by Crippen LogP contribution is 2.27. The van der Waals surface area contributed by atoms with Gasteiger partial charge in [-0.25, -0.2) is 4.39 Å². The zero-order chi connectivity index (χ0) is 24.1. The van der Waals surface area contributed by atoms with Crippen molar-refractivity contribution in [3.05, 3.63) is 113 Å². The monoisotopic (exact) mass is 478 g/mol. The summed E-state index contributed by atoms with van der Waals surface area (Å²) in [5.74, 6) is 0.418. The number of para-hydroxylation sites is 1. The first-order chi connectivity index (χ1) is 16.5. The number of ether oxygens (including phenoxy) is 2. The van der Waals surface area contributed by atoms with Crippen LogP contribution in [0.5, 0.6) is 11.5 Å². The minimum atomic E-state index is -0.538. The first-order valence-electron chi connectivity index (χ1n) is 10.7. The molecule has 7 heteroatoms. The molecule has 1 heterocycles. The summed E-state index contributed by atoms with van der Waals surface area (Å²) in [4.78, 5) is 15.5. The van der Waals surface area contributed by atoms with Crippen molar-refractivity contribution >= 4 is 17.5 Å². The molecule has 0 spiro atoms. The molecule has 0 saturated carbocycles. The van der Waals surface area contributed by atoms with Crippen molar-refractivity contribution < 1.29 is 18.7 Å². The highest BCUT2D eigenvalue weighted by molar-refractivity contribution is 6.30. The third kappa shape index (κ3) is 5.07. The van der Waals surface area contributed by atoms with Crippen molar-refractivity contribution in [2.24, 2.45) is 0 Å². The molecule has 0 N–H and O–H groups in total. The predicted octanol–water partition coefficient (Wildman–Crippen LogP) is 6.13. The van der Waals surface area contributed by atoms with Gasteiger partial charge in [-0.3, -0.25) is 4.79 Å². The number of rotatable bonds is 8. The van der Waals surface area contributed by atoms with E-state index in [9.17, 15) is 9.18 Å². The number of hydrogen-bond donors (Lipinski definition) is 0. The maximum atomic E-state index is 14.8. The Hall–Kier alpha value is -3.77. The van der Waals surface area contributed by atoms with Crippen LogP contribution in [0.25, 0.3) is 5.69 Å². The lowest BCUT2D eigenvalue weighted by Gasteiger charge is -2.25. The molecular weight excluding hydrogens is 455 g/mol. The zero-order valence-electron chi connectivity index (χ0n) is 18.9. The molecule has 0 aliphatic carbocycles. The number of hydrogen-bond acceptors (Lipinski definition) is 3. The normalized spacial score (nSPS) is 10.7. The first-order valence-corrected chi connectivity index (χ1v) is 11.0. The summed E-state index contributed by atoms with van der Waals surface area (Å²) >= 11 is 6.01. The Morgan fingerprint density at radius 3 is 2.26 bits per heavy atom. The van der Waals surface area contributed by atoms with Crippen molar-refractivity contribution in [2.45, 2.75) is 13.1 Å². The Bertz CT molecular complexity index is 1270. The fourth-order valence-electron chi connectivity index (χ4n) is 3.80. The lowest BCUT2D eigenvalue weighted by atomic mass is 10.1. The number of benzene rings is 3. The van der Waals surface area contributed by atoms with E-state index in [4.69, 9.17) is 21.1 Å². The van der Waals surface area contributed by atoms with Crippen molar-refractivity contribution in [3.63, 3.8) is 0 Å². The fourth-order valence-corrected chi connectivity index (χ4v) is 3.99. The average molecular weight is 479 g/mol. The van der Waals surface area contributed by atoms with Gasteiger partial charge in [-0.2, -0.15) is 0 Å². The van der Waals surface area contributed by atoms with Crippen LogP contribution in [0.2, 0.25) is 5.02 Å². The second kappa shape index (κ2) is 10.4. The first kappa shape index (κ1) is 23.4. The maximum absolute atomic E-state index is 14.8. The SMILES string of the molecule is COc1cc(CN(Cc2cccc(Cl)c2F)C(=O)c2ccccc2-n2cccc2)cc(OC)c1. The lowest BCUT2D eigenvalue weighted by Crippen LogP contribution is -2.31. The summed E-state index contributed by atoms with van der Waals surface area (Å²) in [5, 5.41) is 0.0145. The summed E-state index contributed by atoms with van der Waals surface area (Å²) in [7, 11) is 3.13. The van der Waals surface area contributed by atoms with Gasteiger partial charge in [0.05, 0.1) is 30.5 Å². The molecule has 1 aromatic heterocycles. The summed E-state index contributed by atoms with van der Waals surface area (Å²) in [5.41, 5.74) is 2.34. The molecule has 0 fully saturated rings. The van der Waals surface area contributed by atoms with Crippen LogP contribution in [-0.4, -0.2) is 29.6 Å².